The van der Waals surface area contributed by atoms with Crippen molar-refractivity contribution in [2.75, 3.05) is 23.9 Å². The minimum atomic E-state index is -0.167. The second-order valence-electron chi connectivity index (χ2n) is 8.48. The van der Waals surface area contributed by atoms with Gasteiger partial charge < -0.3 is 19.5 Å². The average molecular weight is 487 g/mol. The van der Waals surface area contributed by atoms with Crippen molar-refractivity contribution in [3.8, 4) is 0 Å². The van der Waals surface area contributed by atoms with Crippen LogP contribution in [0.5, 0.6) is 0 Å². The van der Waals surface area contributed by atoms with Crippen LogP contribution in [0, 0.1) is 6.92 Å². The van der Waals surface area contributed by atoms with Crippen LogP contribution < -0.4 is 15.1 Å². The number of hydrogen-bond donors (Lipinski definition) is 1. The smallest absolute Gasteiger partial charge is 0.174 e. The highest BCUT2D eigenvalue weighted by molar-refractivity contribution is 7.99. The number of furan rings is 1. The Bertz CT molecular complexity index is 1270. The van der Waals surface area contributed by atoms with Crippen molar-refractivity contribution in [1.29, 1.82) is 0 Å². The number of hydrogen-bond acceptors (Lipinski definition) is 5. The van der Waals surface area contributed by atoms with E-state index in [4.69, 9.17) is 16.6 Å². The number of rotatable bonds is 6. The maximum atomic E-state index is 6.40. The van der Waals surface area contributed by atoms with Crippen LogP contribution >= 0.6 is 24.0 Å². The second kappa shape index (κ2) is 9.52. The normalized spacial score (nSPS) is 17.6. The highest BCUT2D eigenvalue weighted by Gasteiger charge is 2.42. The van der Waals surface area contributed by atoms with Gasteiger partial charge in [-0.3, -0.25) is 4.98 Å². The molecule has 0 radical (unpaired) electrons. The Kier molecular flexibility index (Phi) is 6.30. The first-order valence-corrected chi connectivity index (χ1v) is 12.3. The van der Waals surface area contributed by atoms with Gasteiger partial charge in [0.15, 0.2) is 10.2 Å². The van der Waals surface area contributed by atoms with E-state index in [2.05, 4.69) is 75.6 Å². The van der Waals surface area contributed by atoms with Gasteiger partial charge in [-0.15, -0.1) is 0 Å². The number of pyridine rings is 1. The lowest BCUT2D eigenvalue weighted by atomic mass is 10.0. The van der Waals surface area contributed by atoms with Gasteiger partial charge in [-0.05, 0) is 79.8 Å². The molecule has 4 aromatic rings. The van der Waals surface area contributed by atoms with Crippen molar-refractivity contribution in [2.45, 2.75) is 29.0 Å². The van der Waals surface area contributed by atoms with Gasteiger partial charge in [-0.2, -0.15) is 0 Å². The van der Waals surface area contributed by atoms with Crippen molar-refractivity contribution < 1.29 is 4.42 Å². The van der Waals surface area contributed by atoms with Crippen molar-refractivity contribution in [2.24, 2.45) is 0 Å². The summed E-state index contributed by atoms with van der Waals surface area (Å²) in [7, 11) is 4.07. The van der Waals surface area contributed by atoms with Crippen molar-refractivity contribution in [1.82, 2.24) is 10.3 Å². The summed E-state index contributed by atoms with van der Waals surface area (Å²) in [6.45, 7) is 2.09. The monoisotopic (exact) mass is 486 g/mol. The maximum Gasteiger partial charge on any atom is 0.174 e. The second-order valence-corrected chi connectivity index (χ2v) is 9.94. The van der Waals surface area contributed by atoms with Crippen LogP contribution in [0.1, 0.15) is 29.1 Å². The number of anilines is 2. The summed E-state index contributed by atoms with van der Waals surface area (Å²) >= 11 is 7.43. The highest BCUT2D eigenvalue weighted by atomic mass is 32.2. The summed E-state index contributed by atoms with van der Waals surface area (Å²) in [5, 5.41) is 4.99. The lowest BCUT2D eigenvalue weighted by Gasteiger charge is -2.26. The minimum absolute atomic E-state index is 0.134. The lowest BCUT2D eigenvalue weighted by Crippen LogP contribution is -2.29. The molecule has 5 nitrogen and oxygen atoms in total. The van der Waals surface area contributed by atoms with Crippen molar-refractivity contribution in [3.05, 3.63) is 102 Å². The van der Waals surface area contributed by atoms with Crippen LogP contribution in [-0.4, -0.2) is 24.2 Å². The summed E-state index contributed by atoms with van der Waals surface area (Å²) in [5.41, 5.74) is 4.31. The van der Waals surface area contributed by atoms with Gasteiger partial charge >= 0.3 is 0 Å². The standard InChI is InChI=1S/C27H26N4OS2/c1-18-7-13-21(14-8-18)34-24-16-15-23(32-24)26-25(22-6-4-5-17-28-22)29-27(33)31(26)20-11-9-19(10-12-20)30(2)3/h4-17,25-26H,1-3H3,(H,29,33). The Hall–Kier alpha value is -3.29. The fourth-order valence-corrected chi connectivity index (χ4v) is 5.23. The summed E-state index contributed by atoms with van der Waals surface area (Å²) in [4.78, 5) is 9.97. The third-order valence-corrected chi connectivity index (χ3v) is 7.12. The summed E-state index contributed by atoms with van der Waals surface area (Å²) < 4.78 is 6.40. The third-order valence-electron chi connectivity index (χ3n) is 5.88. The molecule has 3 heterocycles. The van der Waals surface area contributed by atoms with Crippen LogP contribution in [0.3, 0.4) is 0 Å². The molecule has 1 aliphatic rings. The zero-order chi connectivity index (χ0) is 23.7. The predicted molar refractivity (Wildman–Crippen MR) is 143 cm³/mol. The molecule has 7 heteroatoms. The number of aromatic nitrogens is 1. The molecule has 5 rings (SSSR count). The first kappa shape index (κ1) is 22.5. The number of aryl methyl sites for hydroxylation is 1. The molecule has 1 aliphatic heterocycles. The fraction of sp³-hybridized carbons (Fsp3) is 0.185. The lowest BCUT2D eigenvalue weighted by molar-refractivity contribution is 0.383. The van der Waals surface area contributed by atoms with E-state index in [1.54, 1.807) is 11.8 Å². The van der Waals surface area contributed by atoms with Crippen LogP contribution in [0.4, 0.5) is 11.4 Å². The number of nitrogens with zero attached hydrogens (tertiary/aromatic N) is 3. The van der Waals surface area contributed by atoms with Gasteiger partial charge in [0.25, 0.3) is 0 Å². The SMILES string of the molecule is Cc1ccc(Sc2ccc(C3C(c4ccccn4)NC(=S)N3c3ccc(N(C)C)cc3)o2)cc1. The number of thiocarbonyl (C=S) groups is 1. The third kappa shape index (κ3) is 4.54. The molecular weight excluding hydrogens is 460 g/mol. The number of benzene rings is 2. The molecule has 1 N–H and O–H groups in total. The van der Waals surface area contributed by atoms with E-state index in [0.717, 1.165) is 32.8 Å². The molecule has 2 atom stereocenters. The average Bonchev–Trinajstić information content (AvgIpc) is 3.45. The van der Waals surface area contributed by atoms with E-state index in [1.807, 2.05) is 50.6 Å². The van der Waals surface area contributed by atoms with Gasteiger partial charge in [-0.1, -0.05) is 35.5 Å². The molecule has 0 aliphatic carbocycles. The zero-order valence-corrected chi connectivity index (χ0v) is 20.9. The molecule has 0 amide bonds. The summed E-state index contributed by atoms with van der Waals surface area (Å²) in [6, 6.07) is 26.6. The van der Waals surface area contributed by atoms with Crippen LogP contribution in [0.15, 0.2) is 99.5 Å². The van der Waals surface area contributed by atoms with E-state index in [1.165, 1.54) is 5.56 Å². The Morgan fingerprint density at radius 2 is 1.74 bits per heavy atom. The van der Waals surface area contributed by atoms with E-state index >= 15 is 0 Å². The highest BCUT2D eigenvalue weighted by Crippen LogP contribution is 2.43. The quantitative estimate of drug-likeness (QED) is 0.317. The Morgan fingerprint density at radius 3 is 2.41 bits per heavy atom. The summed E-state index contributed by atoms with van der Waals surface area (Å²) in [6.07, 6.45) is 1.81. The number of nitrogens with one attached hydrogen (secondary N) is 1. The molecular formula is C27H26N4OS2. The van der Waals surface area contributed by atoms with Crippen LogP contribution in [0.2, 0.25) is 0 Å². The summed E-state index contributed by atoms with van der Waals surface area (Å²) in [5.74, 6) is 0.842. The van der Waals surface area contributed by atoms with Crippen LogP contribution in [-0.2, 0) is 0 Å². The van der Waals surface area contributed by atoms with Crippen LogP contribution in [0.25, 0.3) is 0 Å². The molecule has 1 fully saturated rings. The molecule has 34 heavy (non-hydrogen) atoms. The first-order chi connectivity index (χ1) is 16.5. The molecule has 172 valence electrons. The largest absolute Gasteiger partial charge is 0.452 e. The Balaban J connectivity index is 1.51. The first-order valence-electron chi connectivity index (χ1n) is 11.1. The Labute approximate surface area is 209 Å². The molecule has 2 aromatic carbocycles. The fourth-order valence-electron chi connectivity index (χ4n) is 4.10. The molecule has 2 aromatic heterocycles. The topological polar surface area (TPSA) is 44.5 Å². The molecule has 2 unspecified atom stereocenters. The Morgan fingerprint density at radius 1 is 0.971 bits per heavy atom. The van der Waals surface area contributed by atoms with Gasteiger partial charge in [0.1, 0.15) is 11.8 Å². The van der Waals surface area contributed by atoms with Gasteiger partial charge in [0, 0.05) is 36.6 Å². The molecule has 0 bridgehead atoms. The van der Waals surface area contributed by atoms with Gasteiger partial charge in [0.05, 0.1) is 11.7 Å². The van der Waals surface area contributed by atoms with E-state index in [-0.39, 0.29) is 12.1 Å². The van der Waals surface area contributed by atoms with E-state index in [9.17, 15) is 0 Å². The van der Waals surface area contributed by atoms with Crippen molar-refractivity contribution in [3.63, 3.8) is 0 Å². The van der Waals surface area contributed by atoms with E-state index < -0.39 is 0 Å². The molecule has 1 saturated heterocycles. The maximum absolute atomic E-state index is 6.40. The van der Waals surface area contributed by atoms with E-state index in [0.29, 0.717) is 5.11 Å². The predicted octanol–water partition coefficient (Wildman–Crippen LogP) is 6.38. The van der Waals surface area contributed by atoms with Gasteiger partial charge in [-0.25, -0.2) is 0 Å². The molecule has 0 saturated carbocycles. The zero-order valence-electron chi connectivity index (χ0n) is 19.3. The van der Waals surface area contributed by atoms with Crippen molar-refractivity contribution >= 4 is 40.5 Å². The van der Waals surface area contributed by atoms with Gasteiger partial charge in [0.2, 0.25) is 0 Å². The minimum Gasteiger partial charge on any atom is -0.452 e. The molecule has 0 spiro atoms.